The van der Waals surface area contributed by atoms with Crippen molar-refractivity contribution in [3.8, 4) is 11.8 Å². The van der Waals surface area contributed by atoms with Crippen LogP contribution in [0.15, 0.2) is 52.5 Å². The molecule has 3 aromatic rings. The van der Waals surface area contributed by atoms with E-state index in [0.29, 0.717) is 12.3 Å². The highest BCUT2D eigenvalue weighted by Crippen LogP contribution is 2.30. The number of rotatable bonds is 5. The van der Waals surface area contributed by atoms with E-state index >= 15 is 0 Å². The monoisotopic (exact) mass is 687 g/mol. The van der Waals surface area contributed by atoms with Crippen molar-refractivity contribution in [2.45, 2.75) is 20.5 Å². The summed E-state index contributed by atoms with van der Waals surface area (Å²) in [4.78, 5) is 12.7. The molecule has 0 aliphatic carbocycles. The Labute approximate surface area is 210 Å². The van der Waals surface area contributed by atoms with Crippen molar-refractivity contribution in [1.29, 1.82) is 5.26 Å². The summed E-state index contributed by atoms with van der Waals surface area (Å²) in [7, 11) is 0. The number of hydrogen-bond acceptors (Lipinski definition) is 4. The Morgan fingerprint density at radius 1 is 1.20 bits per heavy atom. The Hall–Kier alpha value is -1.71. The topological polar surface area (TPSA) is 67.9 Å². The predicted molar refractivity (Wildman–Crippen MR) is 136 cm³/mol. The second kappa shape index (κ2) is 10.1. The normalized spacial score (nSPS) is 11.3. The van der Waals surface area contributed by atoms with Gasteiger partial charge in [-0.1, -0.05) is 28.1 Å². The van der Waals surface area contributed by atoms with Crippen LogP contribution in [0.1, 0.15) is 27.3 Å². The molecule has 0 saturated carbocycles. The van der Waals surface area contributed by atoms with E-state index in [9.17, 15) is 10.1 Å². The van der Waals surface area contributed by atoms with E-state index in [2.05, 4.69) is 66.2 Å². The minimum Gasteiger partial charge on any atom is -0.487 e. The van der Waals surface area contributed by atoms with Crippen molar-refractivity contribution < 1.29 is 9.53 Å². The number of nitrogens with zero attached hydrogens (tertiary/aromatic N) is 3. The van der Waals surface area contributed by atoms with Crippen molar-refractivity contribution >= 4 is 73.1 Å². The van der Waals surface area contributed by atoms with Gasteiger partial charge in [-0.15, -0.1) is 0 Å². The number of ether oxygens (including phenoxy) is 1. The highest BCUT2D eigenvalue weighted by Gasteiger charge is 2.16. The fourth-order valence-electron chi connectivity index (χ4n) is 2.79. The number of allylic oxidation sites excluding steroid dienone is 1. The van der Waals surface area contributed by atoms with E-state index < -0.39 is 5.91 Å². The van der Waals surface area contributed by atoms with E-state index in [1.165, 1.54) is 4.68 Å². The lowest BCUT2D eigenvalue weighted by Crippen LogP contribution is -2.15. The summed E-state index contributed by atoms with van der Waals surface area (Å²) in [6.07, 6.45) is 1.58. The second-order valence-corrected chi connectivity index (χ2v) is 9.78. The molecule has 5 nitrogen and oxygen atoms in total. The van der Waals surface area contributed by atoms with Crippen molar-refractivity contribution in [3.63, 3.8) is 0 Å². The van der Waals surface area contributed by atoms with E-state index in [-0.39, 0.29) is 5.57 Å². The maximum Gasteiger partial charge on any atom is 0.289 e. The van der Waals surface area contributed by atoms with E-state index in [0.717, 1.165) is 34.2 Å². The Morgan fingerprint density at radius 2 is 1.83 bits per heavy atom. The van der Waals surface area contributed by atoms with Crippen LogP contribution in [0.2, 0.25) is 0 Å². The molecule has 0 aliphatic rings. The molecule has 0 N–H and O–H groups in total. The zero-order valence-corrected chi connectivity index (χ0v) is 22.0. The molecular formula is C22H16BrI2N3O2. The Morgan fingerprint density at radius 3 is 2.37 bits per heavy atom. The molecule has 30 heavy (non-hydrogen) atoms. The van der Waals surface area contributed by atoms with Crippen LogP contribution in [-0.4, -0.2) is 15.7 Å². The maximum absolute atomic E-state index is 12.7. The van der Waals surface area contributed by atoms with Crippen molar-refractivity contribution in [1.82, 2.24) is 9.78 Å². The molecule has 1 aromatic heterocycles. The summed E-state index contributed by atoms with van der Waals surface area (Å²) in [5.41, 5.74) is 3.27. The number of hydrogen-bond donors (Lipinski definition) is 0. The predicted octanol–water partition coefficient (Wildman–Crippen LogP) is 6.30. The highest BCUT2D eigenvalue weighted by atomic mass is 127. The SMILES string of the molecule is Cc1cc(C)n(C(=O)/C(C#N)=C/c2cc(I)c(OCc3ccc(Br)cc3)c(I)c2)n1. The molecule has 0 unspecified atom stereocenters. The lowest BCUT2D eigenvalue weighted by molar-refractivity contribution is 0.0943. The fourth-order valence-corrected chi connectivity index (χ4v) is 5.19. The molecule has 0 fully saturated rings. The lowest BCUT2D eigenvalue weighted by Gasteiger charge is -2.12. The molecule has 0 bridgehead atoms. The van der Waals surface area contributed by atoms with Crippen LogP contribution in [0.25, 0.3) is 6.08 Å². The van der Waals surface area contributed by atoms with Crippen LogP contribution in [0.3, 0.4) is 0 Å². The Kier molecular flexibility index (Phi) is 7.70. The van der Waals surface area contributed by atoms with Gasteiger partial charge in [-0.2, -0.15) is 10.4 Å². The third-order valence-corrected chi connectivity index (χ3v) is 6.31. The highest BCUT2D eigenvalue weighted by molar-refractivity contribution is 14.1. The molecular weight excluding hydrogens is 672 g/mol. The summed E-state index contributed by atoms with van der Waals surface area (Å²) in [6, 6.07) is 15.6. The zero-order chi connectivity index (χ0) is 21.8. The van der Waals surface area contributed by atoms with Gasteiger partial charge in [-0.3, -0.25) is 4.79 Å². The van der Waals surface area contributed by atoms with Crippen molar-refractivity contribution in [2.24, 2.45) is 0 Å². The second-order valence-electron chi connectivity index (χ2n) is 6.54. The van der Waals surface area contributed by atoms with Gasteiger partial charge in [0.2, 0.25) is 0 Å². The average Bonchev–Trinajstić information content (AvgIpc) is 3.04. The van der Waals surface area contributed by atoms with Crippen LogP contribution in [0.4, 0.5) is 0 Å². The van der Waals surface area contributed by atoms with Gasteiger partial charge in [0.1, 0.15) is 24.0 Å². The molecule has 0 atom stereocenters. The van der Waals surface area contributed by atoms with Gasteiger partial charge in [-0.05, 0) is 107 Å². The van der Waals surface area contributed by atoms with E-state index in [4.69, 9.17) is 4.74 Å². The summed E-state index contributed by atoms with van der Waals surface area (Å²) < 4.78 is 10.1. The van der Waals surface area contributed by atoms with Crippen molar-refractivity contribution in [3.05, 3.63) is 82.2 Å². The minimum absolute atomic E-state index is 0.0244. The summed E-state index contributed by atoms with van der Waals surface area (Å²) in [5.74, 6) is 0.336. The molecule has 0 spiro atoms. The molecule has 1 heterocycles. The van der Waals surface area contributed by atoms with Gasteiger partial charge in [0.05, 0.1) is 12.8 Å². The largest absolute Gasteiger partial charge is 0.487 e. The molecule has 0 radical (unpaired) electrons. The third kappa shape index (κ3) is 5.50. The lowest BCUT2D eigenvalue weighted by atomic mass is 10.1. The van der Waals surface area contributed by atoms with Gasteiger partial charge in [0, 0.05) is 10.2 Å². The van der Waals surface area contributed by atoms with Gasteiger partial charge in [0.25, 0.3) is 5.91 Å². The molecule has 3 rings (SSSR count). The van der Waals surface area contributed by atoms with Crippen LogP contribution < -0.4 is 4.74 Å². The number of halogens is 3. The summed E-state index contributed by atoms with van der Waals surface area (Å²) >= 11 is 7.84. The summed E-state index contributed by atoms with van der Waals surface area (Å²) in [6.45, 7) is 4.05. The Balaban J connectivity index is 1.84. The molecule has 0 amide bonds. The number of aromatic nitrogens is 2. The first-order valence-corrected chi connectivity index (χ1v) is 11.8. The first-order chi connectivity index (χ1) is 14.3. The zero-order valence-electron chi connectivity index (χ0n) is 16.1. The van der Waals surface area contributed by atoms with Crippen molar-refractivity contribution in [2.75, 3.05) is 0 Å². The first-order valence-electron chi connectivity index (χ1n) is 8.84. The van der Waals surface area contributed by atoms with E-state index in [1.54, 1.807) is 19.1 Å². The maximum atomic E-state index is 12.7. The van der Waals surface area contributed by atoms with Crippen LogP contribution >= 0.6 is 61.1 Å². The minimum atomic E-state index is -0.441. The van der Waals surface area contributed by atoms with Crippen LogP contribution in [0, 0.1) is 32.3 Å². The standard InChI is InChI=1S/C22H16BrI2N3O2/c1-13-7-14(2)28(27-13)22(29)17(11-26)8-16-9-19(24)21(20(25)10-16)30-12-15-3-5-18(23)6-4-15/h3-10H,12H2,1-2H3/b17-8+. The molecule has 2 aromatic carbocycles. The van der Waals surface area contributed by atoms with Crippen LogP contribution in [0.5, 0.6) is 5.75 Å². The van der Waals surface area contributed by atoms with E-state index in [1.807, 2.05) is 49.4 Å². The third-order valence-electron chi connectivity index (χ3n) is 4.18. The van der Waals surface area contributed by atoms with Gasteiger partial charge in [0.15, 0.2) is 0 Å². The average molecular weight is 688 g/mol. The smallest absolute Gasteiger partial charge is 0.289 e. The quantitative estimate of drug-likeness (QED) is 0.180. The Bertz CT molecular complexity index is 1160. The molecule has 0 saturated heterocycles. The van der Waals surface area contributed by atoms with Gasteiger partial charge >= 0.3 is 0 Å². The molecule has 0 aliphatic heterocycles. The molecule has 8 heteroatoms. The number of carbonyl (C=O) groups is 1. The number of aryl methyl sites for hydroxylation is 2. The van der Waals surface area contributed by atoms with Crippen LogP contribution in [-0.2, 0) is 6.61 Å². The fraction of sp³-hybridized carbons (Fsp3) is 0.136. The summed E-state index contributed by atoms with van der Waals surface area (Å²) in [5, 5.41) is 13.7. The van der Waals surface area contributed by atoms with Gasteiger partial charge in [-0.25, -0.2) is 4.68 Å². The van der Waals surface area contributed by atoms with Gasteiger partial charge < -0.3 is 4.74 Å². The number of carbonyl (C=O) groups excluding carboxylic acids is 1. The first kappa shape index (κ1) is 23.0. The number of nitriles is 1. The number of benzene rings is 2. The molecule has 152 valence electrons.